The smallest absolute Gasteiger partial charge is 0.119 e. The van der Waals surface area contributed by atoms with Gasteiger partial charge >= 0.3 is 0 Å². The number of nitrogens with two attached hydrogens (primary N) is 1. The molecule has 3 N–H and O–H groups in total. The molecule has 0 aliphatic carbocycles. The molecule has 4 heteroatoms. The monoisotopic (exact) mass is 294 g/mol. The van der Waals surface area contributed by atoms with Crippen molar-refractivity contribution in [1.82, 2.24) is 5.43 Å². The van der Waals surface area contributed by atoms with Crippen molar-refractivity contribution in [2.24, 2.45) is 11.3 Å². The fraction of sp³-hybridized carbons (Fsp3) is 0.647. The van der Waals surface area contributed by atoms with E-state index in [1.165, 1.54) is 0 Å². The predicted molar refractivity (Wildman–Crippen MR) is 87.1 cm³/mol. The predicted octanol–water partition coefficient (Wildman–Crippen LogP) is 3.43. The lowest BCUT2D eigenvalue weighted by molar-refractivity contribution is -0.0366. The van der Waals surface area contributed by atoms with E-state index in [1.54, 1.807) is 0 Å². The van der Waals surface area contributed by atoms with Gasteiger partial charge in [0.05, 0.1) is 18.2 Å². The van der Waals surface area contributed by atoms with Gasteiger partial charge in [0.1, 0.15) is 5.75 Å². The maximum absolute atomic E-state index is 5.93. The standard InChI is InChI=1S/C17H30N2O2/c1-7-20-16(17(4,5)6)15(19-18)13-8-10-14(11-9-13)21-12(2)3/h8-12,15-16,19H,7,18H2,1-6H3. The third-order valence-electron chi connectivity index (χ3n) is 3.29. The summed E-state index contributed by atoms with van der Waals surface area (Å²) in [6.07, 6.45) is 0.161. The summed E-state index contributed by atoms with van der Waals surface area (Å²) in [4.78, 5) is 0. The van der Waals surface area contributed by atoms with Crippen molar-refractivity contribution in [3.63, 3.8) is 0 Å². The van der Waals surface area contributed by atoms with E-state index in [2.05, 4.69) is 26.2 Å². The van der Waals surface area contributed by atoms with E-state index >= 15 is 0 Å². The molecule has 0 aliphatic heterocycles. The first-order valence-corrected chi connectivity index (χ1v) is 7.64. The minimum Gasteiger partial charge on any atom is -0.491 e. The van der Waals surface area contributed by atoms with Crippen LogP contribution in [0.3, 0.4) is 0 Å². The van der Waals surface area contributed by atoms with E-state index < -0.39 is 0 Å². The first-order valence-electron chi connectivity index (χ1n) is 7.64. The average Bonchev–Trinajstić information content (AvgIpc) is 2.38. The summed E-state index contributed by atoms with van der Waals surface area (Å²) in [5.41, 5.74) is 3.99. The molecule has 0 bridgehead atoms. The Labute approximate surface area is 129 Å². The van der Waals surface area contributed by atoms with Gasteiger partial charge in [-0.3, -0.25) is 11.3 Å². The number of rotatable bonds is 7. The molecule has 21 heavy (non-hydrogen) atoms. The highest BCUT2D eigenvalue weighted by atomic mass is 16.5. The summed E-state index contributed by atoms with van der Waals surface area (Å²) in [7, 11) is 0. The number of hydrazine groups is 1. The second kappa shape index (κ2) is 7.78. The van der Waals surface area contributed by atoms with Crippen molar-refractivity contribution in [3.05, 3.63) is 29.8 Å². The average molecular weight is 294 g/mol. The van der Waals surface area contributed by atoms with Crippen LogP contribution in [-0.4, -0.2) is 18.8 Å². The molecule has 1 rings (SSSR count). The third kappa shape index (κ3) is 5.30. The fourth-order valence-electron chi connectivity index (χ4n) is 2.41. The minimum absolute atomic E-state index is 0.00985. The molecule has 0 spiro atoms. The van der Waals surface area contributed by atoms with Gasteiger partial charge in [-0.25, -0.2) is 0 Å². The maximum Gasteiger partial charge on any atom is 0.119 e. The molecule has 0 fully saturated rings. The number of nitrogens with one attached hydrogen (secondary N) is 1. The summed E-state index contributed by atoms with van der Waals surface area (Å²) in [6.45, 7) is 13.2. The minimum atomic E-state index is -0.0574. The first kappa shape index (κ1) is 18.0. The van der Waals surface area contributed by atoms with E-state index in [0.29, 0.717) is 6.61 Å². The Bertz CT molecular complexity index is 410. The van der Waals surface area contributed by atoms with Crippen LogP contribution >= 0.6 is 0 Å². The van der Waals surface area contributed by atoms with Crippen molar-refractivity contribution in [1.29, 1.82) is 0 Å². The largest absolute Gasteiger partial charge is 0.491 e. The van der Waals surface area contributed by atoms with E-state index in [0.717, 1.165) is 11.3 Å². The molecule has 0 saturated carbocycles. The van der Waals surface area contributed by atoms with Gasteiger partial charge in [0.25, 0.3) is 0 Å². The second-order valence-electron chi connectivity index (χ2n) is 6.62. The van der Waals surface area contributed by atoms with Gasteiger partial charge in [-0.05, 0) is 43.9 Å². The molecule has 1 aromatic carbocycles. The van der Waals surface area contributed by atoms with Crippen molar-refractivity contribution < 1.29 is 9.47 Å². The molecule has 0 aliphatic rings. The van der Waals surface area contributed by atoms with Crippen molar-refractivity contribution in [2.75, 3.05) is 6.61 Å². The molecule has 2 atom stereocenters. The third-order valence-corrected chi connectivity index (χ3v) is 3.29. The van der Waals surface area contributed by atoms with Gasteiger partial charge in [-0.15, -0.1) is 0 Å². The van der Waals surface area contributed by atoms with E-state index in [-0.39, 0.29) is 23.7 Å². The van der Waals surface area contributed by atoms with Gasteiger partial charge in [0.2, 0.25) is 0 Å². The topological polar surface area (TPSA) is 56.5 Å². The zero-order chi connectivity index (χ0) is 16.0. The highest BCUT2D eigenvalue weighted by molar-refractivity contribution is 5.30. The van der Waals surface area contributed by atoms with E-state index in [1.807, 2.05) is 45.0 Å². The van der Waals surface area contributed by atoms with Gasteiger partial charge < -0.3 is 9.47 Å². The van der Waals surface area contributed by atoms with Crippen LogP contribution in [0.25, 0.3) is 0 Å². The SMILES string of the molecule is CCOC(C(NN)c1ccc(OC(C)C)cc1)C(C)(C)C. The Morgan fingerprint density at radius 3 is 2.10 bits per heavy atom. The van der Waals surface area contributed by atoms with Crippen LogP contribution in [0, 0.1) is 5.41 Å². The molecular formula is C17H30N2O2. The zero-order valence-electron chi connectivity index (χ0n) is 14.1. The maximum atomic E-state index is 5.93. The Morgan fingerprint density at radius 1 is 1.14 bits per heavy atom. The lowest BCUT2D eigenvalue weighted by atomic mass is 9.82. The molecule has 120 valence electrons. The fourth-order valence-corrected chi connectivity index (χ4v) is 2.41. The molecule has 4 nitrogen and oxygen atoms in total. The van der Waals surface area contributed by atoms with Gasteiger partial charge in [0.15, 0.2) is 0 Å². The normalized spacial score (nSPS) is 15.0. The van der Waals surface area contributed by atoms with Crippen molar-refractivity contribution in [3.8, 4) is 5.75 Å². The number of hydrogen-bond acceptors (Lipinski definition) is 4. The lowest BCUT2D eigenvalue weighted by Crippen LogP contribution is -2.44. The van der Waals surface area contributed by atoms with Crippen LogP contribution in [0.2, 0.25) is 0 Å². The van der Waals surface area contributed by atoms with Gasteiger partial charge in [-0.1, -0.05) is 32.9 Å². The Hall–Kier alpha value is -1.10. The number of benzene rings is 1. The molecule has 2 unspecified atom stereocenters. The first-order chi connectivity index (χ1) is 9.79. The number of ether oxygens (including phenoxy) is 2. The summed E-state index contributed by atoms with van der Waals surface area (Å²) in [5, 5.41) is 0. The summed E-state index contributed by atoms with van der Waals surface area (Å²) in [6, 6.07) is 7.98. The van der Waals surface area contributed by atoms with Crippen molar-refractivity contribution >= 4 is 0 Å². The summed E-state index contributed by atoms with van der Waals surface area (Å²) >= 11 is 0. The molecule has 0 heterocycles. The van der Waals surface area contributed by atoms with E-state index in [9.17, 15) is 0 Å². The van der Waals surface area contributed by atoms with E-state index in [4.69, 9.17) is 15.3 Å². The second-order valence-corrected chi connectivity index (χ2v) is 6.62. The van der Waals surface area contributed by atoms with Crippen LogP contribution in [-0.2, 0) is 4.74 Å². The van der Waals surface area contributed by atoms with Crippen LogP contribution in [0.5, 0.6) is 5.75 Å². The molecule has 0 amide bonds. The van der Waals surface area contributed by atoms with Crippen LogP contribution in [0.15, 0.2) is 24.3 Å². The Balaban J connectivity index is 2.97. The molecular weight excluding hydrogens is 264 g/mol. The van der Waals surface area contributed by atoms with Crippen molar-refractivity contribution in [2.45, 2.75) is 59.8 Å². The van der Waals surface area contributed by atoms with Gasteiger partial charge in [-0.2, -0.15) is 0 Å². The molecule has 0 saturated heterocycles. The quantitative estimate of drug-likeness (QED) is 0.597. The van der Waals surface area contributed by atoms with Crippen LogP contribution in [0.1, 0.15) is 53.1 Å². The summed E-state index contributed by atoms with van der Waals surface area (Å²) < 4.78 is 11.6. The highest BCUT2D eigenvalue weighted by Gasteiger charge is 2.33. The Kier molecular flexibility index (Phi) is 6.65. The molecule has 1 aromatic rings. The zero-order valence-corrected chi connectivity index (χ0v) is 14.1. The highest BCUT2D eigenvalue weighted by Crippen LogP contribution is 2.33. The van der Waals surface area contributed by atoms with Crippen LogP contribution < -0.4 is 16.0 Å². The van der Waals surface area contributed by atoms with Gasteiger partial charge in [0, 0.05) is 6.61 Å². The molecule has 0 radical (unpaired) electrons. The van der Waals surface area contributed by atoms with Crippen LogP contribution in [0.4, 0.5) is 0 Å². The lowest BCUT2D eigenvalue weighted by Gasteiger charge is -2.36. The molecule has 0 aromatic heterocycles. The Morgan fingerprint density at radius 2 is 1.71 bits per heavy atom. The summed E-state index contributed by atoms with van der Waals surface area (Å²) in [5.74, 6) is 6.66. The number of hydrogen-bond donors (Lipinski definition) is 2.